The van der Waals surface area contributed by atoms with Crippen molar-refractivity contribution < 1.29 is 9.53 Å². The van der Waals surface area contributed by atoms with Crippen LogP contribution in [0.3, 0.4) is 0 Å². The molecule has 1 atom stereocenters. The number of anilines is 1. The Balaban J connectivity index is 1.99. The van der Waals surface area contributed by atoms with Gasteiger partial charge in [0.1, 0.15) is 5.82 Å². The largest absolute Gasteiger partial charge is 0.465 e. The lowest BCUT2D eigenvalue weighted by molar-refractivity contribution is 0.0600. The molecular formula is C13H18N2O2S. The first-order chi connectivity index (χ1) is 8.63. The molecule has 1 aliphatic heterocycles. The summed E-state index contributed by atoms with van der Waals surface area (Å²) in [6.07, 6.45) is 4.12. The van der Waals surface area contributed by atoms with Crippen molar-refractivity contribution in [2.75, 3.05) is 24.7 Å². The number of hydrogen-bond donors (Lipinski definition) is 1. The average Bonchev–Trinajstić information content (AvgIpc) is 2.83. The van der Waals surface area contributed by atoms with Crippen molar-refractivity contribution in [3.05, 3.63) is 23.9 Å². The highest BCUT2D eigenvalue weighted by Crippen LogP contribution is 2.37. The van der Waals surface area contributed by atoms with Crippen molar-refractivity contribution >= 4 is 23.5 Å². The van der Waals surface area contributed by atoms with Gasteiger partial charge in [0.05, 0.1) is 12.7 Å². The summed E-state index contributed by atoms with van der Waals surface area (Å²) in [7, 11) is 1.38. The molecule has 1 aliphatic rings. The van der Waals surface area contributed by atoms with Crippen LogP contribution >= 0.6 is 11.8 Å². The van der Waals surface area contributed by atoms with Crippen LogP contribution in [0.15, 0.2) is 18.3 Å². The van der Waals surface area contributed by atoms with Gasteiger partial charge in [0.2, 0.25) is 0 Å². The van der Waals surface area contributed by atoms with Gasteiger partial charge in [0, 0.05) is 17.5 Å². The average molecular weight is 266 g/mol. The Kier molecular flexibility index (Phi) is 4.11. The maximum Gasteiger partial charge on any atom is 0.338 e. The van der Waals surface area contributed by atoms with Crippen molar-refractivity contribution in [3.8, 4) is 0 Å². The number of nitrogens with zero attached hydrogens (tertiary/aromatic N) is 1. The van der Waals surface area contributed by atoms with Crippen LogP contribution in [0.5, 0.6) is 0 Å². The van der Waals surface area contributed by atoms with Gasteiger partial charge < -0.3 is 10.1 Å². The quantitative estimate of drug-likeness (QED) is 0.849. The summed E-state index contributed by atoms with van der Waals surface area (Å²) in [6.45, 7) is 3.14. The van der Waals surface area contributed by atoms with Crippen LogP contribution in [-0.4, -0.2) is 35.1 Å². The molecule has 98 valence electrons. The van der Waals surface area contributed by atoms with Crippen molar-refractivity contribution in [1.82, 2.24) is 4.98 Å². The zero-order valence-corrected chi connectivity index (χ0v) is 11.5. The molecule has 0 amide bonds. The van der Waals surface area contributed by atoms with E-state index >= 15 is 0 Å². The topological polar surface area (TPSA) is 51.2 Å². The summed E-state index contributed by atoms with van der Waals surface area (Å²) in [5.41, 5.74) is 0.527. The Hall–Kier alpha value is -1.23. The van der Waals surface area contributed by atoms with Crippen molar-refractivity contribution in [2.24, 2.45) is 0 Å². The number of esters is 1. The Labute approximate surface area is 112 Å². The Morgan fingerprint density at radius 3 is 3.17 bits per heavy atom. The molecule has 0 aliphatic carbocycles. The molecule has 1 unspecified atom stereocenters. The van der Waals surface area contributed by atoms with Gasteiger partial charge in [-0.3, -0.25) is 0 Å². The summed E-state index contributed by atoms with van der Waals surface area (Å²) in [5.74, 6) is 1.63. The first-order valence-electron chi connectivity index (χ1n) is 6.05. The molecule has 1 N–H and O–H groups in total. The minimum absolute atomic E-state index is 0.281. The van der Waals surface area contributed by atoms with Gasteiger partial charge in [-0.1, -0.05) is 0 Å². The molecule has 4 nitrogen and oxygen atoms in total. The van der Waals surface area contributed by atoms with Crippen LogP contribution in [0.4, 0.5) is 5.82 Å². The van der Waals surface area contributed by atoms with E-state index in [1.165, 1.54) is 25.7 Å². The summed E-state index contributed by atoms with van der Waals surface area (Å²) >= 11 is 2.00. The van der Waals surface area contributed by atoms with Gasteiger partial charge in [-0.15, -0.1) is 0 Å². The molecule has 0 radical (unpaired) electrons. The molecule has 0 bridgehead atoms. The second-order valence-electron chi connectivity index (χ2n) is 4.68. The zero-order chi connectivity index (χ0) is 13.0. The van der Waals surface area contributed by atoms with E-state index < -0.39 is 0 Å². The Morgan fingerprint density at radius 1 is 1.67 bits per heavy atom. The molecule has 1 fully saturated rings. The lowest BCUT2D eigenvalue weighted by Crippen LogP contribution is -2.27. The lowest BCUT2D eigenvalue weighted by atomic mass is 10.1. The predicted molar refractivity (Wildman–Crippen MR) is 74.2 cm³/mol. The number of ether oxygens (including phenoxy) is 1. The van der Waals surface area contributed by atoms with Crippen LogP contribution < -0.4 is 5.32 Å². The normalized spacial score (nSPS) is 22.8. The predicted octanol–water partition coefficient (Wildman–Crippen LogP) is 2.57. The molecule has 2 rings (SSSR count). The summed E-state index contributed by atoms with van der Waals surface area (Å²) < 4.78 is 4.97. The lowest BCUT2D eigenvalue weighted by Gasteiger charge is -2.23. The van der Waals surface area contributed by atoms with E-state index in [1.54, 1.807) is 18.3 Å². The molecule has 18 heavy (non-hydrogen) atoms. The van der Waals surface area contributed by atoms with E-state index in [0.29, 0.717) is 5.56 Å². The fourth-order valence-electron chi connectivity index (χ4n) is 2.03. The third kappa shape index (κ3) is 3.16. The highest BCUT2D eigenvalue weighted by molar-refractivity contribution is 8.00. The minimum atomic E-state index is -0.332. The van der Waals surface area contributed by atoms with Crippen molar-refractivity contribution in [2.45, 2.75) is 24.5 Å². The molecule has 0 aromatic carbocycles. The van der Waals surface area contributed by atoms with Gasteiger partial charge in [-0.25, -0.2) is 9.78 Å². The highest BCUT2D eigenvalue weighted by Gasteiger charge is 2.29. The molecule has 1 aromatic heterocycles. The van der Waals surface area contributed by atoms with E-state index in [4.69, 9.17) is 4.74 Å². The number of methoxy groups -OCH3 is 1. The first kappa shape index (κ1) is 13.2. The van der Waals surface area contributed by atoms with E-state index in [2.05, 4.69) is 17.2 Å². The summed E-state index contributed by atoms with van der Waals surface area (Å²) in [6, 6.07) is 3.39. The number of hydrogen-bond acceptors (Lipinski definition) is 5. The van der Waals surface area contributed by atoms with Crippen LogP contribution in [0.1, 0.15) is 30.1 Å². The van der Waals surface area contributed by atoms with Crippen LogP contribution in [0, 0.1) is 0 Å². The Morgan fingerprint density at radius 2 is 2.50 bits per heavy atom. The number of carbonyl (C=O) groups is 1. The maximum atomic E-state index is 11.4. The number of pyridine rings is 1. The number of thioether (sulfide) groups is 1. The second-order valence-corrected chi connectivity index (χ2v) is 6.36. The van der Waals surface area contributed by atoms with Gasteiger partial charge >= 0.3 is 5.97 Å². The Bertz CT molecular complexity index is 431. The smallest absolute Gasteiger partial charge is 0.338 e. The number of carbonyl (C=O) groups excluding carboxylic acids is 1. The monoisotopic (exact) mass is 266 g/mol. The van der Waals surface area contributed by atoms with Gasteiger partial charge in [0.25, 0.3) is 0 Å². The standard InChI is InChI=1S/C13H18N2O2S/c1-13(5-3-7-18-13)9-15-11-8-10(4-6-14-11)12(16)17-2/h4,6,8H,3,5,7,9H2,1-2H3,(H,14,15). The molecule has 1 saturated heterocycles. The second kappa shape index (κ2) is 5.61. The van der Waals surface area contributed by atoms with Gasteiger partial charge in [-0.05, 0) is 37.7 Å². The first-order valence-corrected chi connectivity index (χ1v) is 7.04. The van der Waals surface area contributed by atoms with Crippen LogP contribution in [0.25, 0.3) is 0 Å². The molecular weight excluding hydrogens is 248 g/mol. The number of aromatic nitrogens is 1. The number of nitrogens with one attached hydrogen (secondary N) is 1. The highest BCUT2D eigenvalue weighted by atomic mass is 32.2. The van der Waals surface area contributed by atoms with Crippen molar-refractivity contribution in [3.63, 3.8) is 0 Å². The van der Waals surface area contributed by atoms with Crippen LogP contribution in [-0.2, 0) is 4.74 Å². The van der Waals surface area contributed by atoms with E-state index in [-0.39, 0.29) is 10.7 Å². The number of rotatable bonds is 4. The van der Waals surface area contributed by atoms with E-state index in [9.17, 15) is 4.79 Å². The SMILES string of the molecule is COC(=O)c1ccnc(NCC2(C)CCCS2)c1. The molecule has 5 heteroatoms. The third-order valence-corrected chi connectivity index (χ3v) is 4.66. The molecule has 2 heterocycles. The molecule has 0 spiro atoms. The van der Waals surface area contributed by atoms with Crippen molar-refractivity contribution in [1.29, 1.82) is 0 Å². The van der Waals surface area contributed by atoms with Gasteiger partial charge in [-0.2, -0.15) is 11.8 Å². The summed E-state index contributed by atoms with van der Waals surface area (Å²) in [4.78, 5) is 15.6. The summed E-state index contributed by atoms with van der Waals surface area (Å²) in [5, 5.41) is 3.31. The fourth-order valence-corrected chi connectivity index (χ4v) is 3.27. The van der Waals surface area contributed by atoms with E-state index in [0.717, 1.165) is 12.4 Å². The third-order valence-electron chi connectivity index (χ3n) is 3.12. The zero-order valence-electron chi connectivity index (χ0n) is 10.7. The van der Waals surface area contributed by atoms with Gasteiger partial charge in [0.15, 0.2) is 0 Å². The molecule has 1 aromatic rings. The minimum Gasteiger partial charge on any atom is -0.465 e. The fraction of sp³-hybridized carbons (Fsp3) is 0.538. The maximum absolute atomic E-state index is 11.4. The van der Waals surface area contributed by atoms with Crippen LogP contribution in [0.2, 0.25) is 0 Å². The van der Waals surface area contributed by atoms with E-state index in [1.807, 2.05) is 11.8 Å². The molecule has 0 saturated carbocycles.